The molecule has 0 N–H and O–H groups in total. The Bertz CT molecular complexity index is 356. The predicted octanol–water partition coefficient (Wildman–Crippen LogP) is 4.06. The summed E-state index contributed by atoms with van der Waals surface area (Å²) in [6, 6.07) is 8.59. The SMILES string of the molecule is C=C(Cc1cccc(C)c1)/C(C)=C/C. The molecule has 1 aromatic carbocycles. The molecule has 0 heterocycles. The topological polar surface area (TPSA) is 0 Å². The number of rotatable bonds is 3. The lowest BCUT2D eigenvalue weighted by molar-refractivity contribution is 1.14. The van der Waals surface area contributed by atoms with Gasteiger partial charge in [-0.2, -0.15) is 0 Å². The van der Waals surface area contributed by atoms with Gasteiger partial charge in [0.05, 0.1) is 0 Å². The van der Waals surface area contributed by atoms with Gasteiger partial charge in [0, 0.05) is 0 Å². The molecule has 0 heteroatoms. The van der Waals surface area contributed by atoms with Crippen molar-refractivity contribution in [3.63, 3.8) is 0 Å². The molecule has 1 aromatic rings. The number of hydrogen-bond acceptors (Lipinski definition) is 0. The first kappa shape index (κ1) is 10.8. The molecule has 0 aromatic heterocycles. The third kappa shape index (κ3) is 2.88. The lowest BCUT2D eigenvalue weighted by Crippen LogP contribution is -1.91. The van der Waals surface area contributed by atoms with Gasteiger partial charge in [-0.1, -0.05) is 48.1 Å². The van der Waals surface area contributed by atoms with Crippen molar-refractivity contribution in [3.05, 3.63) is 59.2 Å². The first-order valence-corrected chi connectivity index (χ1v) is 5.00. The van der Waals surface area contributed by atoms with E-state index in [1.54, 1.807) is 0 Å². The minimum atomic E-state index is 0.956. The fourth-order valence-electron chi connectivity index (χ4n) is 1.41. The standard InChI is InChI=1S/C14H18/c1-5-12(3)13(4)10-14-8-6-7-11(2)9-14/h5-9H,4,10H2,1-3H3/b12-5+. The molecule has 0 radical (unpaired) electrons. The predicted molar refractivity (Wildman–Crippen MR) is 63.5 cm³/mol. The molecule has 0 aliphatic rings. The van der Waals surface area contributed by atoms with E-state index in [1.807, 2.05) is 0 Å². The molecule has 0 aliphatic carbocycles. The van der Waals surface area contributed by atoms with E-state index in [-0.39, 0.29) is 0 Å². The van der Waals surface area contributed by atoms with Crippen molar-refractivity contribution in [1.29, 1.82) is 0 Å². The van der Waals surface area contributed by atoms with E-state index in [9.17, 15) is 0 Å². The van der Waals surface area contributed by atoms with Crippen LogP contribution in [0.5, 0.6) is 0 Å². The van der Waals surface area contributed by atoms with E-state index in [0.717, 1.165) is 6.42 Å². The molecule has 0 fully saturated rings. The Morgan fingerprint density at radius 3 is 2.71 bits per heavy atom. The summed E-state index contributed by atoms with van der Waals surface area (Å²) in [6.07, 6.45) is 3.07. The number of benzene rings is 1. The number of allylic oxidation sites excluding steroid dienone is 3. The van der Waals surface area contributed by atoms with Gasteiger partial charge < -0.3 is 0 Å². The Hall–Kier alpha value is -1.30. The average Bonchev–Trinajstić information content (AvgIpc) is 2.16. The van der Waals surface area contributed by atoms with Crippen molar-refractivity contribution in [2.24, 2.45) is 0 Å². The molecule has 14 heavy (non-hydrogen) atoms. The molecule has 0 saturated carbocycles. The smallest absolute Gasteiger partial charge is 0.00290 e. The minimum absolute atomic E-state index is 0.956. The fraction of sp³-hybridized carbons (Fsp3) is 0.286. The molecule has 0 amide bonds. The van der Waals surface area contributed by atoms with Crippen molar-refractivity contribution in [1.82, 2.24) is 0 Å². The summed E-state index contributed by atoms with van der Waals surface area (Å²) in [5, 5.41) is 0. The summed E-state index contributed by atoms with van der Waals surface area (Å²) in [5.74, 6) is 0. The Balaban J connectivity index is 2.75. The average molecular weight is 186 g/mol. The van der Waals surface area contributed by atoms with Crippen LogP contribution in [0.4, 0.5) is 0 Å². The van der Waals surface area contributed by atoms with Crippen LogP contribution in [0.2, 0.25) is 0 Å². The van der Waals surface area contributed by atoms with Crippen LogP contribution in [-0.2, 0) is 6.42 Å². The molecule has 0 nitrogen and oxygen atoms in total. The first-order valence-electron chi connectivity index (χ1n) is 5.00. The van der Waals surface area contributed by atoms with Gasteiger partial charge in [-0.3, -0.25) is 0 Å². The molecule has 0 unspecified atom stereocenters. The van der Waals surface area contributed by atoms with Gasteiger partial charge in [0.25, 0.3) is 0 Å². The molecule has 0 aliphatic heterocycles. The summed E-state index contributed by atoms with van der Waals surface area (Å²) in [4.78, 5) is 0. The van der Waals surface area contributed by atoms with E-state index in [2.05, 4.69) is 57.7 Å². The van der Waals surface area contributed by atoms with Crippen molar-refractivity contribution >= 4 is 0 Å². The van der Waals surface area contributed by atoms with Gasteiger partial charge >= 0.3 is 0 Å². The van der Waals surface area contributed by atoms with E-state index in [0.29, 0.717) is 0 Å². The molecule has 1 rings (SSSR count). The quantitative estimate of drug-likeness (QED) is 0.624. The Labute approximate surface area is 87.0 Å². The van der Waals surface area contributed by atoms with Crippen LogP contribution in [-0.4, -0.2) is 0 Å². The highest BCUT2D eigenvalue weighted by Crippen LogP contribution is 2.14. The lowest BCUT2D eigenvalue weighted by atomic mass is 9.99. The second kappa shape index (κ2) is 4.80. The largest absolute Gasteiger partial charge is 0.0952 e. The van der Waals surface area contributed by atoms with Crippen LogP contribution in [0.15, 0.2) is 48.1 Å². The normalized spacial score (nSPS) is 11.5. The summed E-state index contributed by atoms with van der Waals surface area (Å²) in [6.45, 7) is 10.4. The van der Waals surface area contributed by atoms with E-state index >= 15 is 0 Å². The molecular weight excluding hydrogens is 168 g/mol. The molecule has 0 saturated heterocycles. The molecule has 0 atom stereocenters. The lowest BCUT2D eigenvalue weighted by Gasteiger charge is -2.06. The van der Waals surface area contributed by atoms with E-state index in [4.69, 9.17) is 0 Å². The summed E-state index contributed by atoms with van der Waals surface area (Å²) in [7, 11) is 0. The van der Waals surface area contributed by atoms with Gasteiger partial charge in [0.15, 0.2) is 0 Å². The third-order valence-electron chi connectivity index (χ3n) is 2.49. The van der Waals surface area contributed by atoms with Crippen molar-refractivity contribution < 1.29 is 0 Å². The zero-order chi connectivity index (χ0) is 10.6. The summed E-state index contributed by atoms with van der Waals surface area (Å²) in [5.41, 5.74) is 5.15. The second-order valence-electron chi connectivity index (χ2n) is 3.74. The van der Waals surface area contributed by atoms with E-state index < -0.39 is 0 Å². The molecule has 0 spiro atoms. The maximum absolute atomic E-state index is 4.08. The summed E-state index contributed by atoms with van der Waals surface area (Å²) < 4.78 is 0. The monoisotopic (exact) mass is 186 g/mol. The van der Waals surface area contributed by atoms with Gasteiger partial charge in [-0.05, 0) is 38.3 Å². The third-order valence-corrected chi connectivity index (χ3v) is 2.49. The minimum Gasteiger partial charge on any atom is -0.0952 e. The summed E-state index contributed by atoms with van der Waals surface area (Å²) >= 11 is 0. The van der Waals surface area contributed by atoms with Gasteiger partial charge in [0.2, 0.25) is 0 Å². The van der Waals surface area contributed by atoms with Crippen molar-refractivity contribution in [2.45, 2.75) is 27.2 Å². The van der Waals surface area contributed by atoms with Crippen LogP contribution in [0.25, 0.3) is 0 Å². The highest BCUT2D eigenvalue weighted by atomic mass is 14.0. The molecular formula is C14H18. The van der Waals surface area contributed by atoms with Gasteiger partial charge in [-0.15, -0.1) is 0 Å². The van der Waals surface area contributed by atoms with Crippen molar-refractivity contribution in [2.75, 3.05) is 0 Å². The Kier molecular flexibility index (Phi) is 3.70. The molecule has 74 valence electrons. The van der Waals surface area contributed by atoms with Crippen LogP contribution >= 0.6 is 0 Å². The van der Waals surface area contributed by atoms with Gasteiger partial charge in [0.1, 0.15) is 0 Å². The number of hydrogen-bond donors (Lipinski definition) is 0. The zero-order valence-corrected chi connectivity index (χ0v) is 9.30. The maximum atomic E-state index is 4.08. The Morgan fingerprint density at radius 2 is 2.14 bits per heavy atom. The van der Waals surface area contributed by atoms with Crippen LogP contribution in [0.3, 0.4) is 0 Å². The molecule has 0 bridgehead atoms. The number of aryl methyl sites for hydroxylation is 1. The highest BCUT2D eigenvalue weighted by molar-refractivity contribution is 5.33. The van der Waals surface area contributed by atoms with Crippen LogP contribution < -0.4 is 0 Å². The van der Waals surface area contributed by atoms with Crippen LogP contribution in [0.1, 0.15) is 25.0 Å². The zero-order valence-electron chi connectivity index (χ0n) is 9.30. The van der Waals surface area contributed by atoms with E-state index in [1.165, 1.54) is 22.3 Å². The van der Waals surface area contributed by atoms with Crippen molar-refractivity contribution in [3.8, 4) is 0 Å². The van der Waals surface area contributed by atoms with Gasteiger partial charge in [-0.25, -0.2) is 0 Å². The Morgan fingerprint density at radius 1 is 1.43 bits per heavy atom. The fourth-order valence-corrected chi connectivity index (χ4v) is 1.41. The first-order chi connectivity index (χ1) is 6.63. The second-order valence-corrected chi connectivity index (χ2v) is 3.74. The maximum Gasteiger partial charge on any atom is -0.00290 e. The van der Waals surface area contributed by atoms with Crippen LogP contribution in [0, 0.1) is 6.92 Å². The highest BCUT2D eigenvalue weighted by Gasteiger charge is 1.98.